The number of hydrogen-bond donors (Lipinski definition) is 1. The first kappa shape index (κ1) is 19.8. The molecule has 2 aromatic heterocycles. The average Bonchev–Trinajstić information content (AvgIpc) is 3.05. The van der Waals surface area contributed by atoms with Crippen molar-refractivity contribution in [2.45, 2.75) is 51.6 Å². The van der Waals surface area contributed by atoms with E-state index in [0.717, 1.165) is 49.2 Å². The highest BCUT2D eigenvalue weighted by Gasteiger charge is 2.21. The number of amides is 1. The summed E-state index contributed by atoms with van der Waals surface area (Å²) in [6, 6.07) is 3.89. The summed E-state index contributed by atoms with van der Waals surface area (Å²) >= 11 is 0. The van der Waals surface area contributed by atoms with Crippen molar-refractivity contribution in [1.29, 1.82) is 0 Å². The van der Waals surface area contributed by atoms with Crippen LogP contribution in [0.1, 0.15) is 42.9 Å². The van der Waals surface area contributed by atoms with Gasteiger partial charge in [0.05, 0.1) is 6.54 Å². The van der Waals surface area contributed by atoms with Gasteiger partial charge in [0, 0.05) is 51.4 Å². The van der Waals surface area contributed by atoms with Crippen molar-refractivity contribution in [3.63, 3.8) is 0 Å². The van der Waals surface area contributed by atoms with Gasteiger partial charge in [0.2, 0.25) is 5.91 Å². The third-order valence-corrected chi connectivity index (χ3v) is 5.90. The summed E-state index contributed by atoms with van der Waals surface area (Å²) in [5.41, 5.74) is 1.08. The fourth-order valence-electron chi connectivity index (χ4n) is 4.20. The van der Waals surface area contributed by atoms with Crippen LogP contribution < -0.4 is 5.32 Å². The number of rotatable bonds is 7. The van der Waals surface area contributed by atoms with Crippen LogP contribution in [-0.2, 0) is 30.7 Å². The van der Waals surface area contributed by atoms with E-state index < -0.39 is 0 Å². The van der Waals surface area contributed by atoms with Crippen LogP contribution in [-0.4, -0.2) is 50.2 Å². The fourth-order valence-corrected chi connectivity index (χ4v) is 4.20. The molecule has 1 amide bonds. The van der Waals surface area contributed by atoms with Gasteiger partial charge in [-0.3, -0.25) is 9.78 Å². The zero-order valence-corrected chi connectivity index (χ0v) is 17.0. The third kappa shape index (κ3) is 5.50. The minimum absolute atomic E-state index is 0.0341. The lowest BCUT2D eigenvalue weighted by Gasteiger charge is -2.26. The highest BCUT2D eigenvalue weighted by atomic mass is 16.1. The van der Waals surface area contributed by atoms with Gasteiger partial charge in [-0.1, -0.05) is 18.2 Å². The second-order valence-corrected chi connectivity index (χ2v) is 8.02. The first-order valence-corrected chi connectivity index (χ1v) is 10.7. The molecule has 4 rings (SSSR count). The van der Waals surface area contributed by atoms with Gasteiger partial charge >= 0.3 is 0 Å². The molecule has 0 unspecified atom stereocenters. The van der Waals surface area contributed by atoms with Gasteiger partial charge in [0.25, 0.3) is 0 Å². The third-order valence-electron chi connectivity index (χ3n) is 5.90. The predicted molar refractivity (Wildman–Crippen MR) is 111 cm³/mol. The van der Waals surface area contributed by atoms with Crippen molar-refractivity contribution in [3.8, 4) is 0 Å². The molecule has 2 aromatic rings. The summed E-state index contributed by atoms with van der Waals surface area (Å²) in [5.74, 6) is 2.71. The number of allylic oxidation sites excluding steroid dienone is 2. The van der Waals surface area contributed by atoms with E-state index in [1.54, 1.807) is 12.4 Å². The van der Waals surface area contributed by atoms with Crippen LogP contribution in [0, 0.1) is 5.92 Å². The number of nitrogens with one attached hydrogen (secondary N) is 1. The molecular weight excluding hydrogens is 364 g/mol. The van der Waals surface area contributed by atoms with E-state index in [1.165, 1.54) is 25.8 Å². The molecule has 1 atom stereocenters. The summed E-state index contributed by atoms with van der Waals surface area (Å²) in [7, 11) is 0. The Kier molecular flexibility index (Phi) is 6.67. The van der Waals surface area contributed by atoms with Gasteiger partial charge in [-0.25, -0.2) is 0 Å². The Morgan fingerprint density at radius 1 is 1.21 bits per heavy atom. The Bertz CT molecular complexity index is 831. The van der Waals surface area contributed by atoms with Gasteiger partial charge in [0.1, 0.15) is 5.82 Å². The van der Waals surface area contributed by atoms with Crippen molar-refractivity contribution in [1.82, 2.24) is 30.0 Å². The van der Waals surface area contributed by atoms with E-state index in [2.05, 4.69) is 42.1 Å². The number of aromatic nitrogens is 4. The summed E-state index contributed by atoms with van der Waals surface area (Å²) in [4.78, 5) is 18.9. The van der Waals surface area contributed by atoms with Gasteiger partial charge in [0.15, 0.2) is 5.82 Å². The Hall–Kier alpha value is -2.54. The molecule has 0 bridgehead atoms. The topological polar surface area (TPSA) is 75.9 Å². The van der Waals surface area contributed by atoms with Crippen LogP contribution >= 0.6 is 0 Å². The number of carbonyl (C=O) groups excluding carboxylic acids is 1. The standard InChI is InChI=1S/C22H30N6O/c29-22(9-8-18-7-4-11-23-15-18)24-16-21-26-25-20-10-12-27(13-14-28(20)21)17-19-5-2-1-3-6-19/h1-2,4,7,11,15,19H,3,5-6,8-10,12-14,16-17H2,(H,24,29)/t19-/m0/s1. The molecule has 3 heterocycles. The maximum absolute atomic E-state index is 12.2. The van der Waals surface area contributed by atoms with Crippen LogP contribution in [0.2, 0.25) is 0 Å². The van der Waals surface area contributed by atoms with Gasteiger partial charge in [-0.05, 0) is 43.2 Å². The first-order chi connectivity index (χ1) is 14.3. The molecule has 29 heavy (non-hydrogen) atoms. The van der Waals surface area contributed by atoms with Crippen molar-refractivity contribution < 1.29 is 4.79 Å². The van der Waals surface area contributed by atoms with Gasteiger partial charge in [-0.15, -0.1) is 10.2 Å². The minimum atomic E-state index is 0.0341. The minimum Gasteiger partial charge on any atom is -0.349 e. The number of pyridine rings is 1. The Morgan fingerprint density at radius 3 is 3.00 bits per heavy atom. The van der Waals surface area contributed by atoms with Crippen molar-refractivity contribution in [2.75, 3.05) is 19.6 Å². The molecule has 0 saturated heterocycles. The SMILES string of the molecule is O=C(CCc1cccnc1)NCc1nnc2n1CCN(C[C@H]1CC=CCC1)CC2. The highest BCUT2D eigenvalue weighted by molar-refractivity contribution is 5.76. The van der Waals surface area contributed by atoms with Crippen LogP contribution in [0.5, 0.6) is 0 Å². The molecule has 1 aliphatic carbocycles. The van der Waals surface area contributed by atoms with Crippen LogP contribution in [0.15, 0.2) is 36.7 Å². The molecule has 0 saturated carbocycles. The summed E-state index contributed by atoms with van der Waals surface area (Å²) in [6.45, 7) is 4.56. The number of hydrogen-bond acceptors (Lipinski definition) is 5. The van der Waals surface area contributed by atoms with Crippen LogP contribution in [0.25, 0.3) is 0 Å². The normalized spacial score (nSPS) is 19.5. The second kappa shape index (κ2) is 9.78. The zero-order valence-electron chi connectivity index (χ0n) is 17.0. The van der Waals surface area contributed by atoms with Gasteiger partial charge in [-0.2, -0.15) is 0 Å². The lowest BCUT2D eigenvalue weighted by atomic mass is 9.94. The van der Waals surface area contributed by atoms with Crippen molar-refractivity contribution >= 4 is 5.91 Å². The van der Waals surface area contributed by atoms with E-state index in [0.29, 0.717) is 19.4 Å². The molecule has 1 aliphatic heterocycles. The summed E-state index contributed by atoms with van der Waals surface area (Å²) in [6.07, 6.45) is 14.0. The van der Waals surface area contributed by atoms with E-state index >= 15 is 0 Å². The first-order valence-electron chi connectivity index (χ1n) is 10.7. The summed E-state index contributed by atoms with van der Waals surface area (Å²) in [5, 5.41) is 11.7. The van der Waals surface area contributed by atoms with E-state index in [-0.39, 0.29) is 5.91 Å². The molecule has 0 fully saturated rings. The van der Waals surface area contributed by atoms with Gasteiger partial charge < -0.3 is 14.8 Å². The predicted octanol–water partition coefficient (Wildman–Crippen LogP) is 2.14. The molecule has 0 spiro atoms. The number of nitrogens with zero attached hydrogens (tertiary/aromatic N) is 5. The maximum atomic E-state index is 12.2. The lowest BCUT2D eigenvalue weighted by molar-refractivity contribution is -0.121. The molecule has 0 aromatic carbocycles. The van der Waals surface area contributed by atoms with E-state index in [4.69, 9.17) is 0 Å². The molecule has 1 N–H and O–H groups in total. The highest BCUT2D eigenvalue weighted by Crippen LogP contribution is 2.20. The fraction of sp³-hybridized carbons (Fsp3) is 0.545. The van der Waals surface area contributed by atoms with Crippen LogP contribution in [0.4, 0.5) is 0 Å². The second-order valence-electron chi connectivity index (χ2n) is 8.02. The van der Waals surface area contributed by atoms with E-state index in [1.807, 2.05) is 12.1 Å². The maximum Gasteiger partial charge on any atom is 0.220 e. The van der Waals surface area contributed by atoms with Crippen molar-refractivity contribution in [3.05, 3.63) is 53.9 Å². The molecule has 2 aliphatic rings. The average molecular weight is 395 g/mol. The lowest BCUT2D eigenvalue weighted by Crippen LogP contribution is -2.33. The van der Waals surface area contributed by atoms with E-state index in [9.17, 15) is 4.79 Å². The molecule has 7 nitrogen and oxygen atoms in total. The molecule has 0 radical (unpaired) electrons. The molecular formula is C22H30N6O. The Morgan fingerprint density at radius 2 is 2.17 bits per heavy atom. The molecule has 154 valence electrons. The number of fused-ring (bicyclic) bond motifs is 1. The molecule has 7 heteroatoms. The van der Waals surface area contributed by atoms with Crippen molar-refractivity contribution in [2.24, 2.45) is 5.92 Å². The zero-order chi connectivity index (χ0) is 19.9. The quantitative estimate of drug-likeness (QED) is 0.728. The monoisotopic (exact) mass is 394 g/mol. The largest absolute Gasteiger partial charge is 0.349 e. The smallest absolute Gasteiger partial charge is 0.220 e. The number of aryl methyl sites for hydroxylation is 1. The Balaban J connectivity index is 1.25. The summed E-state index contributed by atoms with van der Waals surface area (Å²) < 4.78 is 2.20. The Labute approximate surface area is 172 Å². The number of carbonyl (C=O) groups is 1. The van der Waals surface area contributed by atoms with Crippen LogP contribution in [0.3, 0.4) is 0 Å².